The minimum Gasteiger partial charge on any atom is -0.347 e. The third-order valence-electron chi connectivity index (χ3n) is 4.75. The highest BCUT2D eigenvalue weighted by Crippen LogP contribution is 2.35. The van der Waals surface area contributed by atoms with Gasteiger partial charge in [0.2, 0.25) is 0 Å². The lowest BCUT2D eigenvalue weighted by Crippen LogP contribution is -2.12. The molecule has 4 rings (SSSR count). The Labute approximate surface area is 159 Å². The minimum atomic E-state index is -0.0969. The fourth-order valence-electron chi connectivity index (χ4n) is 3.50. The second kappa shape index (κ2) is 7.50. The van der Waals surface area contributed by atoms with E-state index in [-0.39, 0.29) is 5.91 Å². The van der Waals surface area contributed by atoms with Crippen LogP contribution in [0, 0.1) is 0 Å². The molecule has 0 spiro atoms. The molecule has 0 aliphatic heterocycles. The Balaban J connectivity index is 1.78. The molecule has 0 atom stereocenters. The van der Waals surface area contributed by atoms with Gasteiger partial charge in [-0.15, -0.1) is 0 Å². The predicted molar refractivity (Wildman–Crippen MR) is 112 cm³/mol. The van der Waals surface area contributed by atoms with Crippen molar-refractivity contribution in [1.82, 2.24) is 4.57 Å². The zero-order chi connectivity index (χ0) is 18.6. The smallest absolute Gasteiger partial charge is 0.255 e. The normalized spacial score (nSPS) is 10.9. The number of amides is 1. The first-order valence-corrected chi connectivity index (χ1v) is 9.31. The largest absolute Gasteiger partial charge is 0.347 e. The fourth-order valence-corrected chi connectivity index (χ4v) is 3.50. The van der Waals surface area contributed by atoms with Gasteiger partial charge >= 0.3 is 0 Å². The summed E-state index contributed by atoms with van der Waals surface area (Å²) in [5, 5.41) is 4.28. The Morgan fingerprint density at radius 2 is 1.56 bits per heavy atom. The number of anilines is 1. The summed E-state index contributed by atoms with van der Waals surface area (Å²) in [5.74, 6) is -0.0969. The van der Waals surface area contributed by atoms with Gasteiger partial charge in [-0.1, -0.05) is 61.5 Å². The number of aryl methyl sites for hydroxylation is 1. The van der Waals surface area contributed by atoms with Gasteiger partial charge in [-0.05, 0) is 30.7 Å². The van der Waals surface area contributed by atoms with Crippen LogP contribution in [0.3, 0.4) is 0 Å². The van der Waals surface area contributed by atoms with Crippen LogP contribution in [0.5, 0.6) is 0 Å². The van der Waals surface area contributed by atoms with Gasteiger partial charge in [-0.2, -0.15) is 0 Å². The van der Waals surface area contributed by atoms with Gasteiger partial charge in [0.25, 0.3) is 5.91 Å². The molecule has 0 aliphatic rings. The fraction of sp³-hybridized carbons (Fsp3) is 0.125. The number of hydrogen-bond donors (Lipinski definition) is 1. The van der Waals surface area contributed by atoms with Crippen LogP contribution in [0.25, 0.3) is 22.0 Å². The first-order chi connectivity index (χ1) is 13.3. The number of carbonyl (C=O) groups is 1. The molecule has 4 aromatic rings. The molecule has 0 saturated carbocycles. The van der Waals surface area contributed by atoms with Crippen LogP contribution >= 0.6 is 0 Å². The third kappa shape index (κ3) is 3.36. The minimum absolute atomic E-state index is 0.0969. The summed E-state index contributed by atoms with van der Waals surface area (Å²) in [6.07, 6.45) is 3.27. The molecule has 0 bridgehead atoms. The van der Waals surface area contributed by atoms with Gasteiger partial charge in [-0.25, -0.2) is 0 Å². The molecule has 0 radical (unpaired) electrons. The summed E-state index contributed by atoms with van der Waals surface area (Å²) < 4.78 is 2.29. The van der Waals surface area contributed by atoms with Crippen LogP contribution in [0.1, 0.15) is 23.7 Å². The van der Waals surface area contributed by atoms with Crippen LogP contribution in [-0.4, -0.2) is 10.5 Å². The monoisotopic (exact) mass is 354 g/mol. The third-order valence-corrected chi connectivity index (χ3v) is 4.75. The molecule has 134 valence electrons. The average Bonchev–Trinajstić information content (AvgIpc) is 3.08. The Morgan fingerprint density at radius 3 is 2.37 bits per heavy atom. The van der Waals surface area contributed by atoms with E-state index in [0.717, 1.165) is 29.8 Å². The zero-order valence-electron chi connectivity index (χ0n) is 15.4. The maximum Gasteiger partial charge on any atom is 0.255 e. The number of para-hydroxylation sites is 2. The molecule has 0 saturated heterocycles. The van der Waals surface area contributed by atoms with Gasteiger partial charge in [0.1, 0.15) is 0 Å². The van der Waals surface area contributed by atoms with Crippen molar-refractivity contribution in [2.24, 2.45) is 0 Å². The highest BCUT2D eigenvalue weighted by atomic mass is 16.1. The van der Waals surface area contributed by atoms with E-state index < -0.39 is 0 Å². The van der Waals surface area contributed by atoms with Gasteiger partial charge < -0.3 is 9.88 Å². The van der Waals surface area contributed by atoms with E-state index in [9.17, 15) is 4.79 Å². The van der Waals surface area contributed by atoms with Crippen LogP contribution in [0.15, 0.2) is 85.1 Å². The van der Waals surface area contributed by atoms with Crippen molar-refractivity contribution < 1.29 is 4.79 Å². The molecule has 3 aromatic carbocycles. The van der Waals surface area contributed by atoms with Crippen molar-refractivity contribution in [3.05, 3.63) is 90.6 Å². The van der Waals surface area contributed by atoms with Crippen molar-refractivity contribution in [3.8, 4) is 11.1 Å². The predicted octanol–water partition coefficient (Wildman–Crippen LogP) is 5.97. The Hall–Kier alpha value is -3.33. The lowest BCUT2D eigenvalue weighted by molar-refractivity contribution is 0.102. The summed E-state index contributed by atoms with van der Waals surface area (Å²) in [6, 6.07) is 25.7. The molecule has 1 aromatic heterocycles. The summed E-state index contributed by atoms with van der Waals surface area (Å²) in [7, 11) is 0. The standard InChI is InChI=1S/C24H22N2O/c1-2-16-26-17-21(20-13-7-9-15-23(20)26)19-12-6-8-14-22(19)25-24(27)18-10-4-3-5-11-18/h3-15,17H,2,16H2,1H3,(H,25,27). The first-order valence-electron chi connectivity index (χ1n) is 9.31. The van der Waals surface area contributed by atoms with Crippen molar-refractivity contribution in [1.29, 1.82) is 0 Å². The zero-order valence-corrected chi connectivity index (χ0v) is 15.4. The Bertz CT molecular complexity index is 1080. The van der Waals surface area contributed by atoms with Gasteiger partial charge in [0.15, 0.2) is 0 Å². The molecule has 0 fully saturated rings. The van der Waals surface area contributed by atoms with E-state index in [1.165, 1.54) is 10.9 Å². The van der Waals surface area contributed by atoms with Gasteiger partial charge in [0, 0.05) is 46.0 Å². The quantitative estimate of drug-likeness (QED) is 0.471. The van der Waals surface area contributed by atoms with Crippen LogP contribution in [0.2, 0.25) is 0 Å². The number of aromatic nitrogens is 1. The Morgan fingerprint density at radius 1 is 0.852 bits per heavy atom. The van der Waals surface area contributed by atoms with Crippen molar-refractivity contribution in [3.63, 3.8) is 0 Å². The number of benzene rings is 3. The highest BCUT2D eigenvalue weighted by Gasteiger charge is 2.14. The van der Waals surface area contributed by atoms with E-state index in [0.29, 0.717) is 5.56 Å². The van der Waals surface area contributed by atoms with Crippen molar-refractivity contribution >= 4 is 22.5 Å². The molecule has 27 heavy (non-hydrogen) atoms. The van der Waals surface area contributed by atoms with E-state index in [2.05, 4.69) is 53.3 Å². The number of fused-ring (bicyclic) bond motifs is 1. The molecule has 0 aliphatic carbocycles. The number of rotatable bonds is 5. The highest BCUT2D eigenvalue weighted by molar-refractivity contribution is 6.08. The second-order valence-electron chi connectivity index (χ2n) is 6.62. The molecule has 1 N–H and O–H groups in total. The SMILES string of the molecule is CCCn1cc(-c2ccccc2NC(=O)c2ccccc2)c2ccccc21. The van der Waals surface area contributed by atoms with Crippen molar-refractivity contribution in [2.45, 2.75) is 19.9 Å². The van der Waals surface area contributed by atoms with Crippen LogP contribution in [0.4, 0.5) is 5.69 Å². The molecular formula is C24H22N2O. The lowest BCUT2D eigenvalue weighted by Gasteiger charge is -2.11. The first kappa shape index (κ1) is 17.1. The molecule has 1 amide bonds. The number of nitrogens with one attached hydrogen (secondary N) is 1. The molecule has 3 nitrogen and oxygen atoms in total. The topological polar surface area (TPSA) is 34.0 Å². The van der Waals surface area contributed by atoms with E-state index in [1.807, 2.05) is 48.5 Å². The molecule has 0 unspecified atom stereocenters. The summed E-state index contributed by atoms with van der Waals surface area (Å²) in [5.41, 5.74) is 4.88. The lowest BCUT2D eigenvalue weighted by atomic mass is 10.0. The van der Waals surface area contributed by atoms with Crippen LogP contribution < -0.4 is 5.32 Å². The second-order valence-corrected chi connectivity index (χ2v) is 6.62. The van der Waals surface area contributed by atoms with Crippen molar-refractivity contribution in [2.75, 3.05) is 5.32 Å². The maximum absolute atomic E-state index is 12.7. The van der Waals surface area contributed by atoms with Gasteiger partial charge in [0.05, 0.1) is 0 Å². The number of nitrogens with zero attached hydrogens (tertiary/aromatic N) is 1. The van der Waals surface area contributed by atoms with Gasteiger partial charge in [-0.3, -0.25) is 4.79 Å². The molecule has 1 heterocycles. The summed E-state index contributed by atoms with van der Waals surface area (Å²) in [4.78, 5) is 12.7. The average molecular weight is 354 g/mol. The molecular weight excluding hydrogens is 332 g/mol. The summed E-state index contributed by atoms with van der Waals surface area (Å²) >= 11 is 0. The number of carbonyl (C=O) groups excluding carboxylic acids is 1. The van der Waals surface area contributed by atoms with Crippen LogP contribution in [-0.2, 0) is 6.54 Å². The molecule has 3 heteroatoms. The summed E-state index contributed by atoms with van der Waals surface area (Å²) in [6.45, 7) is 3.15. The maximum atomic E-state index is 12.7. The van der Waals surface area contributed by atoms with E-state index in [4.69, 9.17) is 0 Å². The number of hydrogen-bond acceptors (Lipinski definition) is 1. The van der Waals surface area contributed by atoms with E-state index >= 15 is 0 Å². The van der Waals surface area contributed by atoms with E-state index in [1.54, 1.807) is 0 Å². The Kier molecular flexibility index (Phi) is 4.75.